The van der Waals surface area contributed by atoms with Crippen molar-refractivity contribution in [3.63, 3.8) is 0 Å². The van der Waals surface area contributed by atoms with Crippen LogP contribution < -0.4 is 10.6 Å². The molecule has 2 aliphatic heterocycles. The van der Waals surface area contributed by atoms with E-state index >= 15 is 4.39 Å². The summed E-state index contributed by atoms with van der Waals surface area (Å²) in [5.41, 5.74) is 6.24. The van der Waals surface area contributed by atoms with Crippen LogP contribution in [0.4, 0.5) is 4.39 Å². The largest absolute Gasteiger partial charge is 0.368 e. The van der Waals surface area contributed by atoms with Gasteiger partial charge in [0.1, 0.15) is 17.5 Å². The first kappa shape index (κ1) is 26.7. The van der Waals surface area contributed by atoms with Gasteiger partial charge in [0.25, 0.3) is 0 Å². The first-order valence-electron chi connectivity index (χ1n) is 11.8. The molecule has 3 aromatic rings. The monoisotopic (exact) mass is 512 g/mol. The average Bonchev–Trinajstić information content (AvgIpc) is 3.58. The Bertz CT molecular complexity index is 1080. The molecule has 4 nitrogen and oxygen atoms in total. The van der Waals surface area contributed by atoms with Crippen molar-refractivity contribution in [2.45, 2.75) is 25.7 Å². The van der Waals surface area contributed by atoms with Gasteiger partial charge in [0.05, 0.1) is 13.1 Å². The molecule has 5 rings (SSSR count). The first-order valence-corrected chi connectivity index (χ1v) is 11.8. The van der Waals surface area contributed by atoms with Crippen LogP contribution in [0.3, 0.4) is 0 Å². The van der Waals surface area contributed by atoms with Gasteiger partial charge in [-0.05, 0) is 47.9 Å². The van der Waals surface area contributed by atoms with Gasteiger partial charge in [-0.15, -0.1) is 24.8 Å². The first-order chi connectivity index (χ1) is 16.3. The summed E-state index contributed by atoms with van der Waals surface area (Å²) in [5, 5.41) is 6.59. The second-order valence-electron chi connectivity index (χ2n) is 8.60. The molecule has 184 valence electrons. The highest BCUT2D eigenvalue weighted by atomic mass is 35.5. The predicted molar refractivity (Wildman–Crippen MR) is 147 cm³/mol. The molecule has 0 spiro atoms. The Morgan fingerprint density at radius 1 is 0.600 bits per heavy atom. The molecular formula is C28H31Cl2FN4. The lowest BCUT2D eigenvalue weighted by Gasteiger charge is -2.10. The number of nitrogens with one attached hydrogen (secondary N) is 2. The van der Waals surface area contributed by atoms with Crippen LogP contribution in [-0.4, -0.2) is 37.9 Å². The van der Waals surface area contributed by atoms with Crippen molar-refractivity contribution in [1.82, 2.24) is 10.6 Å². The van der Waals surface area contributed by atoms with Crippen molar-refractivity contribution >= 4 is 36.5 Å². The van der Waals surface area contributed by atoms with E-state index < -0.39 is 0 Å². The van der Waals surface area contributed by atoms with Crippen LogP contribution in [0.2, 0.25) is 0 Å². The van der Waals surface area contributed by atoms with Crippen LogP contribution in [0, 0.1) is 5.82 Å². The SMILES string of the molecule is Cl.Cl.Fc1c(CCc2ccc(C3=NCCN3)cc2)cccc1CCc1ccc(C2=NCCN2)cc1. The van der Waals surface area contributed by atoms with Crippen LogP contribution >= 0.6 is 24.8 Å². The molecular weight excluding hydrogens is 482 g/mol. The molecule has 0 radical (unpaired) electrons. The molecule has 0 unspecified atom stereocenters. The van der Waals surface area contributed by atoms with Gasteiger partial charge in [-0.3, -0.25) is 9.98 Å². The molecule has 3 aromatic carbocycles. The fourth-order valence-electron chi connectivity index (χ4n) is 4.42. The Kier molecular flexibility index (Phi) is 9.70. The molecule has 0 aliphatic carbocycles. The lowest BCUT2D eigenvalue weighted by Crippen LogP contribution is -2.19. The van der Waals surface area contributed by atoms with Crippen LogP contribution in [0.15, 0.2) is 76.7 Å². The van der Waals surface area contributed by atoms with Crippen molar-refractivity contribution in [3.05, 3.63) is 106 Å². The summed E-state index contributed by atoms with van der Waals surface area (Å²) >= 11 is 0. The molecule has 7 heteroatoms. The number of halogens is 3. The molecule has 2 aliphatic rings. The second kappa shape index (κ2) is 12.7. The van der Waals surface area contributed by atoms with Gasteiger partial charge < -0.3 is 10.6 Å². The zero-order valence-corrected chi connectivity index (χ0v) is 21.2. The van der Waals surface area contributed by atoms with Gasteiger partial charge in [0.15, 0.2) is 0 Å². The third kappa shape index (κ3) is 6.62. The van der Waals surface area contributed by atoms with E-state index in [0.29, 0.717) is 12.8 Å². The number of rotatable bonds is 8. The minimum Gasteiger partial charge on any atom is -0.368 e. The van der Waals surface area contributed by atoms with E-state index in [-0.39, 0.29) is 30.6 Å². The standard InChI is InChI=1S/C28H29FN4.2ClH/c29-26-22(10-4-20-6-12-24(13-7-20)27-30-16-17-31-27)2-1-3-23(26)11-5-21-8-14-25(15-9-21)28-32-18-19-33-28;;/h1-3,6-9,12-15H,4-5,10-11,16-19H2,(H,30,31)(H,32,33);2*1H. The Morgan fingerprint density at radius 3 is 1.40 bits per heavy atom. The zero-order chi connectivity index (χ0) is 22.5. The van der Waals surface area contributed by atoms with Crippen molar-refractivity contribution in [3.8, 4) is 0 Å². The second-order valence-corrected chi connectivity index (χ2v) is 8.60. The van der Waals surface area contributed by atoms with E-state index in [0.717, 1.165) is 72.9 Å². The highest BCUT2D eigenvalue weighted by Gasteiger charge is 2.11. The van der Waals surface area contributed by atoms with Crippen molar-refractivity contribution in [1.29, 1.82) is 0 Å². The van der Waals surface area contributed by atoms with Crippen LogP contribution in [0.1, 0.15) is 33.4 Å². The third-order valence-electron chi connectivity index (χ3n) is 6.33. The summed E-state index contributed by atoms with van der Waals surface area (Å²) in [5.74, 6) is 1.89. The maximum atomic E-state index is 15.2. The van der Waals surface area contributed by atoms with Gasteiger partial charge in [0, 0.05) is 24.2 Å². The summed E-state index contributed by atoms with van der Waals surface area (Å²) in [6.45, 7) is 3.49. The lowest BCUT2D eigenvalue weighted by molar-refractivity contribution is 0.590. The number of nitrogens with zero attached hydrogens (tertiary/aromatic N) is 2. The van der Waals surface area contributed by atoms with Gasteiger partial charge in [-0.25, -0.2) is 4.39 Å². The number of benzene rings is 3. The summed E-state index contributed by atoms with van der Waals surface area (Å²) in [4.78, 5) is 8.92. The minimum atomic E-state index is -0.0558. The molecule has 0 aromatic heterocycles. The molecule has 0 amide bonds. The van der Waals surface area contributed by atoms with Gasteiger partial charge in [0.2, 0.25) is 0 Å². The van der Waals surface area contributed by atoms with Gasteiger partial charge in [-0.2, -0.15) is 0 Å². The Morgan fingerprint density at radius 2 is 1.03 bits per heavy atom. The van der Waals surface area contributed by atoms with E-state index in [9.17, 15) is 0 Å². The van der Waals surface area contributed by atoms with Crippen LogP contribution in [-0.2, 0) is 25.7 Å². The smallest absolute Gasteiger partial charge is 0.129 e. The van der Waals surface area contributed by atoms with Crippen LogP contribution in [0.5, 0.6) is 0 Å². The number of hydrogen-bond donors (Lipinski definition) is 2. The Labute approximate surface area is 219 Å². The van der Waals surface area contributed by atoms with Crippen molar-refractivity contribution in [2.24, 2.45) is 9.98 Å². The van der Waals surface area contributed by atoms with E-state index in [1.54, 1.807) is 0 Å². The van der Waals surface area contributed by atoms with Crippen molar-refractivity contribution < 1.29 is 4.39 Å². The summed E-state index contributed by atoms with van der Waals surface area (Å²) in [6, 6.07) is 22.7. The summed E-state index contributed by atoms with van der Waals surface area (Å²) in [6.07, 6.45) is 3.03. The summed E-state index contributed by atoms with van der Waals surface area (Å²) < 4.78 is 15.2. The van der Waals surface area contributed by atoms with E-state index in [1.807, 2.05) is 18.2 Å². The average molecular weight is 513 g/mol. The highest BCUT2D eigenvalue weighted by molar-refractivity contribution is 6.00. The van der Waals surface area contributed by atoms with Gasteiger partial charge in [-0.1, -0.05) is 66.7 Å². The topological polar surface area (TPSA) is 48.8 Å². The van der Waals surface area contributed by atoms with Gasteiger partial charge >= 0.3 is 0 Å². The number of aryl methyl sites for hydroxylation is 4. The maximum absolute atomic E-state index is 15.2. The molecule has 2 N–H and O–H groups in total. The number of hydrogen-bond acceptors (Lipinski definition) is 4. The van der Waals surface area contributed by atoms with Crippen molar-refractivity contribution in [2.75, 3.05) is 26.2 Å². The zero-order valence-electron chi connectivity index (χ0n) is 19.6. The summed E-state index contributed by atoms with van der Waals surface area (Å²) in [7, 11) is 0. The molecule has 35 heavy (non-hydrogen) atoms. The number of aliphatic imine (C=N–C) groups is 2. The Balaban J connectivity index is 0.00000171. The molecule has 0 atom stereocenters. The number of amidine groups is 2. The minimum absolute atomic E-state index is 0. The molecule has 0 saturated carbocycles. The molecule has 0 fully saturated rings. The maximum Gasteiger partial charge on any atom is 0.129 e. The van der Waals surface area contributed by atoms with E-state index in [4.69, 9.17) is 0 Å². The quantitative estimate of drug-likeness (QED) is 0.449. The lowest BCUT2D eigenvalue weighted by atomic mass is 9.97. The fraction of sp³-hybridized carbons (Fsp3) is 0.286. The predicted octanol–water partition coefficient (Wildman–Crippen LogP) is 4.94. The third-order valence-corrected chi connectivity index (χ3v) is 6.33. The highest BCUT2D eigenvalue weighted by Crippen LogP contribution is 2.19. The molecule has 0 bridgehead atoms. The Hall–Kier alpha value is -2.89. The van der Waals surface area contributed by atoms with E-state index in [1.165, 1.54) is 11.1 Å². The normalized spacial score (nSPS) is 14.2. The molecule has 0 saturated heterocycles. The molecule has 2 heterocycles. The fourth-order valence-corrected chi connectivity index (χ4v) is 4.42. The van der Waals surface area contributed by atoms with E-state index in [2.05, 4.69) is 69.1 Å². The van der Waals surface area contributed by atoms with Crippen LogP contribution in [0.25, 0.3) is 0 Å².